The zero-order valence-corrected chi connectivity index (χ0v) is 10.5. The van der Waals surface area contributed by atoms with Crippen molar-refractivity contribution >= 4 is 5.91 Å². The molecule has 2 atom stereocenters. The standard InChI is InChI=1S/C12H24N2O3/c1-9(10-3-2-4-13-6-10)5-12(17)14-11(7-15)8-16/h9-11,13,15-16H,2-8H2,1H3,(H,14,17). The average Bonchev–Trinajstić information content (AvgIpc) is 2.37. The summed E-state index contributed by atoms with van der Waals surface area (Å²) < 4.78 is 0. The van der Waals surface area contributed by atoms with Crippen molar-refractivity contribution in [3.8, 4) is 0 Å². The SMILES string of the molecule is CC(CC(=O)NC(CO)CO)C1CCCNC1. The molecule has 1 saturated heterocycles. The van der Waals surface area contributed by atoms with Crippen LogP contribution in [0.1, 0.15) is 26.2 Å². The van der Waals surface area contributed by atoms with E-state index >= 15 is 0 Å². The molecule has 4 N–H and O–H groups in total. The normalized spacial score (nSPS) is 22.5. The summed E-state index contributed by atoms with van der Waals surface area (Å²) in [4.78, 5) is 11.7. The summed E-state index contributed by atoms with van der Waals surface area (Å²) in [5.41, 5.74) is 0. The largest absolute Gasteiger partial charge is 0.394 e. The molecule has 0 spiro atoms. The van der Waals surface area contributed by atoms with E-state index in [2.05, 4.69) is 17.6 Å². The van der Waals surface area contributed by atoms with Gasteiger partial charge in [0.1, 0.15) is 0 Å². The van der Waals surface area contributed by atoms with Crippen LogP contribution in [0.25, 0.3) is 0 Å². The predicted octanol–water partition coefficient (Wildman–Crippen LogP) is -0.518. The Morgan fingerprint density at radius 3 is 2.71 bits per heavy atom. The summed E-state index contributed by atoms with van der Waals surface area (Å²) in [6.45, 7) is 3.71. The van der Waals surface area contributed by atoms with E-state index in [1.165, 1.54) is 12.8 Å². The molecule has 0 saturated carbocycles. The lowest BCUT2D eigenvalue weighted by molar-refractivity contribution is -0.123. The molecular formula is C12H24N2O3. The summed E-state index contributed by atoms with van der Waals surface area (Å²) in [5.74, 6) is 0.799. The van der Waals surface area contributed by atoms with Crippen molar-refractivity contribution in [1.29, 1.82) is 0 Å². The summed E-state index contributed by atoms with van der Waals surface area (Å²) in [7, 11) is 0. The highest BCUT2D eigenvalue weighted by atomic mass is 16.3. The Morgan fingerprint density at radius 2 is 2.18 bits per heavy atom. The highest BCUT2D eigenvalue weighted by Gasteiger charge is 2.22. The predicted molar refractivity (Wildman–Crippen MR) is 65.5 cm³/mol. The molecule has 2 unspecified atom stereocenters. The summed E-state index contributed by atoms with van der Waals surface area (Å²) >= 11 is 0. The van der Waals surface area contributed by atoms with Gasteiger partial charge in [0.2, 0.25) is 5.91 Å². The number of rotatable bonds is 6. The molecule has 1 aliphatic heterocycles. The lowest BCUT2D eigenvalue weighted by Gasteiger charge is -2.28. The van der Waals surface area contributed by atoms with Gasteiger partial charge in [0.15, 0.2) is 0 Å². The van der Waals surface area contributed by atoms with E-state index in [0.717, 1.165) is 13.1 Å². The Hall–Kier alpha value is -0.650. The molecule has 0 bridgehead atoms. The molecule has 0 aromatic carbocycles. The van der Waals surface area contributed by atoms with Crippen LogP contribution in [0.5, 0.6) is 0 Å². The van der Waals surface area contributed by atoms with Crippen LogP contribution in [0.15, 0.2) is 0 Å². The molecule has 1 amide bonds. The first-order chi connectivity index (χ1) is 8.17. The third kappa shape index (κ3) is 5.02. The maximum Gasteiger partial charge on any atom is 0.220 e. The molecule has 1 aliphatic rings. The molecule has 5 nitrogen and oxygen atoms in total. The van der Waals surface area contributed by atoms with E-state index < -0.39 is 6.04 Å². The molecule has 100 valence electrons. The van der Waals surface area contributed by atoms with Crippen molar-refractivity contribution in [2.45, 2.75) is 32.2 Å². The molecule has 0 aromatic heterocycles. The second-order valence-corrected chi connectivity index (χ2v) is 4.92. The topological polar surface area (TPSA) is 81.6 Å². The van der Waals surface area contributed by atoms with E-state index in [0.29, 0.717) is 18.3 Å². The Labute approximate surface area is 103 Å². The van der Waals surface area contributed by atoms with Gasteiger partial charge in [-0.1, -0.05) is 6.92 Å². The first kappa shape index (κ1) is 14.4. The van der Waals surface area contributed by atoms with Crippen LogP contribution in [0.4, 0.5) is 0 Å². The molecule has 0 radical (unpaired) electrons. The number of carbonyl (C=O) groups is 1. The second kappa shape index (κ2) is 7.63. The first-order valence-corrected chi connectivity index (χ1v) is 6.39. The number of aliphatic hydroxyl groups is 2. The number of hydrogen-bond acceptors (Lipinski definition) is 4. The Morgan fingerprint density at radius 1 is 1.47 bits per heavy atom. The minimum Gasteiger partial charge on any atom is -0.394 e. The molecular weight excluding hydrogens is 220 g/mol. The first-order valence-electron chi connectivity index (χ1n) is 6.39. The number of carbonyl (C=O) groups excluding carboxylic acids is 1. The quantitative estimate of drug-likeness (QED) is 0.507. The summed E-state index contributed by atoms with van der Waals surface area (Å²) in [6, 6.07) is -0.529. The molecule has 0 aromatic rings. The molecule has 0 aliphatic carbocycles. The van der Waals surface area contributed by atoms with Crippen LogP contribution in [-0.4, -0.2) is 48.5 Å². The van der Waals surface area contributed by atoms with Gasteiger partial charge in [-0.05, 0) is 37.8 Å². The highest BCUT2D eigenvalue weighted by molar-refractivity contribution is 5.76. The Bertz CT molecular complexity index is 226. The molecule has 1 fully saturated rings. The zero-order valence-electron chi connectivity index (χ0n) is 10.5. The van der Waals surface area contributed by atoms with Crippen LogP contribution in [-0.2, 0) is 4.79 Å². The van der Waals surface area contributed by atoms with Crippen LogP contribution in [0.3, 0.4) is 0 Å². The lowest BCUT2D eigenvalue weighted by Crippen LogP contribution is -2.42. The second-order valence-electron chi connectivity index (χ2n) is 4.92. The summed E-state index contributed by atoms with van der Waals surface area (Å²) in [5, 5.41) is 23.7. The van der Waals surface area contributed by atoms with Gasteiger partial charge in [0.25, 0.3) is 0 Å². The Kier molecular flexibility index (Phi) is 6.47. The van der Waals surface area contributed by atoms with Crippen LogP contribution in [0, 0.1) is 11.8 Å². The number of piperidine rings is 1. The van der Waals surface area contributed by atoms with Crippen molar-refractivity contribution in [2.75, 3.05) is 26.3 Å². The number of nitrogens with one attached hydrogen (secondary N) is 2. The van der Waals surface area contributed by atoms with Crippen LogP contribution >= 0.6 is 0 Å². The number of aliphatic hydroxyl groups excluding tert-OH is 2. The molecule has 1 rings (SSSR count). The third-order valence-corrected chi connectivity index (χ3v) is 3.45. The van der Waals surface area contributed by atoms with Gasteiger partial charge < -0.3 is 20.8 Å². The van der Waals surface area contributed by atoms with Crippen molar-refractivity contribution in [1.82, 2.24) is 10.6 Å². The van der Waals surface area contributed by atoms with Gasteiger partial charge in [-0.2, -0.15) is 0 Å². The van der Waals surface area contributed by atoms with E-state index in [-0.39, 0.29) is 19.1 Å². The lowest BCUT2D eigenvalue weighted by atomic mass is 9.85. The minimum absolute atomic E-state index is 0.0869. The van der Waals surface area contributed by atoms with Crippen molar-refractivity contribution < 1.29 is 15.0 Å². The van der Waals surface area contributed by atoms with E-state index in [9.17, 15) is 4.79 Å². The van der Waals surface area contributed by atoms with Gasteiger partial charge in [0, 0.05) is 6.42 Å². The van der Waals surface area contributed by atoms with E-state index in [4.69, 9.17) is 10.2 Å². The van der Waals surface area contributed by atoms with Gasteiger partial charge >= 0.3 is 0 Å². The van der Waals surface area contributed by atoms with E-state index in [1.807, 2.05) is 0 Å². The van der Waals surface area contributed by atoms with Gasteiger partial charge in [-0.15, -0.1) is 0 Å². The minimum atomic E-state index is -0.529. The molecule has 1 heterocycles. The zero-order chi connectivity index (χ0) is 12.7. The van der Waals surface area contributed by atoms with E-state index in [1.54, 1.807) is 0 Å². The maximum atomic E-state index is 11.7. The highest BCUT2D eigenvalue weighted by Crippen LogP contribution is 2.22. The van der Waals surface area contributed by atoms with Crippen LogP contribution in [0.2, 0.25) is 0 Å². The van der Waals surface area contributed by atoms with Crippen molar-refractivity contribution in [3.05, 3.63) is 0 Å². The average molecular weight is 244 g/mol. The summed E-state index contributed by atoms with van der Waals surface area (Å²) in [6.07, 6.45) is 2.81. The van der Waals surface area contributed by atoms with Crippen molar-refractivity contribution in [3.63, 3.8) is 0 Å². The fourth-order valence-corrected chi connectivity index (χ4v) is 2.26. The van der Waals surface area contributed by atoms with Gasteiger partial charge in [-0.3, -0.25) is 4.79 Å². The third-order valence-electron chi connectivity index (χ3n) is 3.45. The molecule has 17 heavy (non-hydrogen) atoms. The molecule has 5 heteroatoms. The number of amides is 1. The van der Waals surface area contributed by atoms with Gasteiger partial charge in [-0.25, -0.2) is 0 Å². The monoisotopic (exact) mass is 244 g/mol. The fourth-order valence-electron chi connectivity index (χ4n) is 2.26. The maximum absolute atomic E-state index is 11.7. The fraction of sp³-hybridized carbons (Fsp3) is 0.917. The van der Waals surface area contributed by atoms with Crippen molar-refractivity contribution in [2.24, 2.45) is 11.8 Å². The number of hydrogen-bond donors (Lipinski definition) is 4. The Balaban J connectivity index is 2.29. The smallest absolute Gasteiger partial charge is 0.220 e. The van der Waals surface area contributed by atoms with Crippen LogP contribution < -0.4 is 10.6 Å². The van der Waals surface area contributed by atoms with Gasteiger partial charge in [0.05, 0.1) is 19.3 Å².